The van der Waals surface area contributed by atoms with Crippen molar-refractivity contribution in [3.8, 4) is 0 Å². The lowest BCUT2D eigenvalue weighted by atomic mass is 10.1. The van der Waals surface area contributed by atoms with E-state index in [0.29, 0.717) is 18.7 Å². The Bertz CT molecular complexity index is 847. The van der Waals surface area contributed by atoms with E-state index in [1.165, 1.54) is 12.7 Å². The number of imidazole rings is 1. The molecule has 1 aliphatic heterocycles. The van der Waals surface area contributed by atoms with Crippen molar-refractivity contribution in [1.29, 1.82) is 0 Å². The number of rotatable bonds is 7. The maximum atomic E-state index is 11.8. The van der Waals surface area contributed by atoms with Crippen molar-refractivity contribution >= 4 is 19.5 Å². The number of aliphatic hydroxyl groups is 1. The Hall–Kier alpha value is -1.55. The van der Waals surface area contributed by atoms with E-state index in [2.05, 4.69) is 48.8 Å². The zero-order chi connectivity index (χ0) is 19.8. The first kappa shape index (κ1) is 20.2. The van der Waals surface area contributed by atoms with Crippen molar-refractivity contribution < 1.29 is 14.3 Å². The smallest absolute Gasteiger partial charge is 0.278 e. The highest BCUT2D eigenvalue weighted by atomic mass is 28.4. The van der Waals surface area contributed by atoms with Crippen molar-refractivity contribution in [2.75, 3.05) is 6.61 Å². The van der Waals surface area contributed by atoms with E-state index in [0.717, 1.165) is 12.8 Å². The van der Waals surface area contributed by atoms with Crippen LogP contribution in [0.1, 0.15) is 46.3 Å². The summed E-state index contributed by atoms with van der Waals surface area (Å²) >= 11 is 0. The van der Waals surface area contributed by atoms with Gasteiger partial charge in [-0.15, -0.1) is 0 Å². The summed E-state index contributed by atoms with van der Waals surface area (Å²) in [6.45, 7) is 11.7. The van der Waals surface area contributed by atoms with Crippen LogP contribution in [0.2, 0.25) is 18.1 Å². The highest BCUT2D eigenvalue weighted by Gasteiger charge is 2.42. The summed E-state index contributed by atoms with van der Waals surface area (Å²) in [6, 6.07) is 0. The average molecular weight is 395 g/mol. The number of nitrogens with zero attached hydrogens (tertiary/aromatic N) is 3. The molecule has 2 aromatic rings. The van der Waals surface area contributed by atoms with Crippen molar-refractivity contribution in [2.24, 2.45) is 0 Å². The van der Waals surface area contributed by atoms with Crippen LogP contribution in [0.25, 0.3) is 11.2 Å². The maximum Gasteiger partial charge on any atom is 0.278 e. The molecule has 2 N–H and O–H groups in total. The quantitative estimate of drug-likeness (QED) is 0.700. The van der Waals surface area contributed by atoms with Crippen LogP contribution in [0.15, 0.2) is 17.4 Å². The van der Waals surface area contributed by atoms with Crippen LogP contribution in [0, 0.1) is 0 Å². The molecule has 0 aromatic carbocycles. The fraction of sp³-hybridized carbons (Fsp3) is 0.722. The molecule has 0 unspecified atom stereocenters. The zero-order valence-electron chi connectivity index (χ0n) is 16.7. The molecule has 1 aliphatic rings. The fourth-order valence-corrected chi connectivity index (χ4v) is 5.40. The highest BCUT2D eigenvalue weighted by Crippen LogP contribution is 2.42. The lowest BCUT2D eigenvalue weighted by Gasteiger charge is -2.39. The number of aromatic amines is 1. The van der Waals surface area contributed by atoms with Crippen LogP contribution in [-0.2, 0) is 9.16 Å². The second kappa shape index (κ2) is 7.46. The molecule has 1 fully saturated rings. The fourth-order valence-electron chi connectivity index (χ4n) is 3.56. The Morgan fingerprint density at radius 1 is 1.44 bits per heavy atom. The van der Waals surface area contributed by atoms with Gasteiger partial charge in [0, 0.05) is 6.42 Å². The first-order chi connectivity index (χ1) is 12.7. The Labute approximate surface area is 160 Å². The van der Waals surface area contributed by atoms with Crippen LogP contribution >= 0.6 is 0 Å². The average Bonchev–Trinajstić information content (AvgIpc) is 3.17. The number of aromatic nitrogens is 4. The van der Waals surface area contributed by atoms with E-state index in [-0.39, 0.29) is 22.2 Å². The van der Waals surface area contributed by atoms with E-state index >= 15 is 0 Å². The predicted octanol–water partition coefficient (Wildman–Crippen LogP) is 2.57. The Kier molecular flexibility index (Phi) is 5.58. The lowest BCUT2D eigenvalue weighted by molar-refractivity contribution is -0.0471. The molecule has 3 rings (SSSR count). The molecule has 0 spiro atoms. The van der Waals surface area contributed by atoms with Gasteiger partial charge in [0.1, 0.15) is 6.10 Å². The van der Waals surface area contributed by atoms with Crippen molar-refractivity contribution in [3.63, 3.8) is 0 Å². The summed E-state index contributed by atoms with van der Waals surface area (Å²) in [4.78, 5) is 22.6. The minimum atomic E-state index is -1.92. The second-order valence-corrected chi connectivity index (χ2v) is 13.1. The first-order valence-corrected chi connectivity index (χ1v) is 12.4. The van der Waals surface area contributed by atoms with Gasteiger partial charge in [0.25, 0.3) is 5.56 Å². The largest absolute Gasteiger partial charge is 0.414 e. The van der Waals surface area contributed by atoms with E-state index in [1.54, 1.807) is 4.57 Å². The van der Waals surface area contributed by atoms with Gasteiger partial charge in [0.15, 0.2) is 25.7 Å². The number of H-pyrrole nitrogens is 1. The van der Waals surface area contributed by atoms with Crippen molar-refractivity contribution in [3.05, 3.63) is 23.0 Å². The van der Waals surface area contributed by atoms with Gasteiger partial charge in [-0.1, -0.05) is 27.2 Å². The second-order valence-electron chi connectivity index (χ2n) is 8.46. The van der Waals surface area contributed by atoms with Crippen LogP contribution < -0.4 is 5.56 Å². The first-order valence-electron chi connectivity index (χ1n) is 9.54. The summed E-state index contributed by atoms with van der Waals surface area (Å²) in [7, 11) is -1.92. The molecule has 0 bridgehead atoms. The molecule has 8 nitrogen and oxygen atoms in total. The van der Waals surface area contributed by atoms with Gasteiger partial charge in [-0.3, -0.25) is 9.36 Å². The normalized spacial score (nSPS) is 24.0. The number of aliphatic hydroxyl groups excluding tert-OH is 1. The standard InChI is InChI=1S/C18H30N4O4Si/c1-6-7-18(2,3)27(4,5)25-9-12-8-13(23)17(26-12)22-11-21-14-15(22)19-10-20-16(14)24/h10-13,17,23H,6-9H2,1-5H3,(H,19,20,24)/t12-,13+,17+/m0/s1. The minimum absolute atomic E-state index is 0.171. The molecule has 0 amide bonds. The molecule has 27 heavy (non-hydrogen) atoms. The number of fused-ring (bicyclic) bond motifs is 1. The van der Waals surface area contributed by atoms with Crippen LogP contribution in [0.4, 0.5) is 0 Å². The van der Waals surface area contributed by atoms with Crippen molar-refractivity contribution in [1.82, 2.24) is 19.5 Å². The summed E-state index contributed by atoms with van der Waals surface area (Å²) in [5, 5.41) is 10.7. The molecular formula is C18H30N4O4Si. The van der Waals surface area contributed by atoms with Crippen LogP contribution in [-0.4, -0.2) is 51.8 Å². The molecule has 9 heteroatoms. The lowest BCUT2D eigenvalue weighted by Crippen LogP contribution is -2.44. The summed E-state index contributed by atoms with van der Waals surface area (Å²) in [6.07, 6.45) is 4.04. The highest BCUT2D eigenvalue weighted by molar-refractivity contribution is 6.74. The van der Waals surface area contributed by atoms with Crippen LogP contribution in [0.3, 0.4) is 0 Å². The van der Waals surface area contributed by atoms with E-state index < -0.39 is 20.6 Å². The van der Waals surface area contributed by atoms with Gasteiger partial charge < -0.3 is 19.3 Å². The van der Waals surface area contributed by atoms with Gasteiger partial charge >= 0.3 is 0 Å². The molecular weight excluding hydrogens is 364 g/mol. The zero-order valence-corrected chi connectivity index (χ0v) is 17.7. The van der Waals surface area contributed by atoms with Gasteiger partial charge in [0.2, 0.25) is 0 Å². The molecule has 0 radical (unpaired) electrons. The Morgan fingerprint density at radius 3 is 2.89 bits per heavy atom. The van der Waals surface area contributed by atoms with Gasteiger partial charge in [0.05, 0.1) is 25.4 Å². The molecule has 2 aromatic heterocycles. The van der Waals surface area contributed by atoms with Crippen LogP contribution in [0.5, 0.6) is 0 Å². The molecule has 1 saturated heterocycles. The third kappa shape index (κ3) is 3.87. The predicted molar refractivity (Wildman–Crippen MR) is 105 cm³/mol. The summed E-state index contributed by atoms with van der Waals surface area (Å²) < 4.78 is 14.0. The minimum Gasteiger partial charge on any atom is -0.414 e. The van der Waals surface area contributed by atoms with Gasteiger partial charge in [-0.05, 0) is 24.6 Å². The Balaban J connectivity index is 1.70. The summed E-state index contributed by atoms with van der Waals surface area (Å²) in [5.74, 6) is 0. The number of hydrogen-bond donors (Lipinski definition) is 2. The molecule has 0 aliphatic carbocycles. The number of ether oxygens (including phenoxy) is 1. The van der Waals surface area contributed by atoms with E-state index in [4.69, 9.17) is 9.16 Å². The molecule has 150 valence electrons. The third-order valence-electron chi connectivity index (χ3n) is 5.94. The molecule has 0 saturated carbocycles. The van der Waals surface area contributed by atoms with Gasteiger partial charge in [-0.25, -0.2) is 9.97 Å². The number of hydrogen-bond acceptors (Lipinski definition) is 6. The monoisotopic (exact) mass is 394 g/mol. The number of nitrogens with one attached hydrogen (secondary N) is 1. The maximum absolute atomic E-state index is 11.8. The topological polar surface area (TPSA) is 102 Å². The van der Waals surface area contributed by atoms with E-state index in [1.807, 2.05) is 0 Å². The van der Waals surface area contributed by atoms with Crippen molar-refractivity contribution in [2.45, 2.75) is 76.6 Å². The van der Waals surface area contributed by atoms with E-state index in [9.17, 15) is 9.90 Å². The SMILES string of the molecule is CCCC(C)(C)[Si](C)(C)OC[C@@H]1C[C@@H](O)[C@H](n2cnc3c(=O)[nH]cnc32)O1. The summed E-state index contributed by atoms with van der Waals surface area (Å²) in [5.41, 5.74) is 0.336. The Morgan fingerprint density at radius 2 is 2.19 bits per heavy atom. The molecule has 3 atom stereocenters. The third-order valence-corrected chi connectivity index (χ3v) is 10.3. The van der Waals surface area contributed by atoms with Gasteiger partial charge in [-0.2, -0.15) is 0 Å². The molecule has 3 heterocycles.